The van der Waals surface area contributed by atoms with Crippen LogP contribution in [0.15, 0.2) is 36.4 Å². The number of nitrogens with zero attached hydrogens (tertiary/aromatic N) is 2. The summed E-state index contributed by atoms with van der Waals surface area (Å²) in [6, 6.07) is 10.5. The van der Waals surface area contributed by atoms with E-state index in [1.165, 1.54) is 12.1 Å². The zero-order valence-electron chi connectivity index (χ0n) is 20.0. The van der Waals surface area contributed by atoms with Gasteiger partial charge >= 0.3 is 5.97 Å². The van der Waals surface area contributed by atoms with E-state index in [-0.39, 0.29) is 17.9 Å². The number of ether oxygens (including phenoxy) is 3. The van der Waals surface area contributed by atoms with Gasteiger partial charge in [-0.15, -0.1) is 0 Å². The fourth-order valence-corrected chi connectivity index (χ4v) is 3.89. The maximum atomic E-state index is 15.7. The predicted molar refractivity (Wildman–Crippen MR) is 127 cm³/mol. The summed E-state index contributed by atoms with van der Waals surface area (Å²) in [5.74, 6) is -0.451. The molecule has 182 valence electrons. The Morgan fingerprint density at radius 2 is 1.88 bits per heavy atom. The second-order valence-corrected chi connectivity index (χ2v) is 8.33. The number of carbonyl (C=O) groups excluding carboxylic acids is 1. The highest BCUT2D eigenvalue weighted by atomic mass is 19.1. The number of halogens is 1. The molecule has 8 heteroatoms. The molecule has 34 heavy (non-hydrogen) atoms. The molecule has 0 aliphatic carbocycles. The SMILES string of the molecule is CCOC(=O)C(Nc1ccc(C#N)cc1)c1cc(OCC)cc(OCC2CCN(C)CC2)c1F. The molecular weight excluding hydrogens is 437 g/mol. The number of rotatable bonds is 10. The van der Waals surface area contributed by atoms with Crippen LogP contribution in [-0.4, -0.2) is 50.8 Å². The van der Waals surface area contributed by atoms with Gasteiger partial charge in [-0.1, -0.05) is 0 Å². The van der Waals surface area contributed by atoms with Crippen LogP contribution in [0.1, 0.15) is 43.9 Å². The van der Waals surface area contributed by atoms with Crippen molar-refractivity contribution in [3.63, 3.8) is 0 Å². The third kappa shape index (κ3) is 6.61. The van der Waals surface area contributed by atoms with Gasteiger partial charge in [0.2, 0.25) is 0 Å². The largest absolute Gasteiger partial charge is 0.494 e. The van der Waals surface area contributed by atoms with Gasteiger partial charge < -0.3 is 24.4 Å². The summed E-state index contributed by atoms with van der Waals surface area (Å²) in [7, 11) is 2.09. The van der Waals surface area contributed by atoms with Gasteiger partial charge in [0.05, 0.1) is 31.5 Å². The highest BCUT2D eigenvalue weighted by Crippen LogP contribution is 2.34. The van der Waals surface area contributed by atoms with Crippen LogP contribution in [0.3, 0.4) is 0 Å². The number of likely N-dealkylation sites (tertiary alicyclic amines) is 1. The normalized spacial score (nSPS) is 15.3. The van der Waals surface area contributed by atoms with Gasteiger partial charge in [-0.2, -0.15) is 5.26 Å². The predicted octanol–water partition coefficient (Wildman–Crippen LogP) is 4.53. The Labute approximate surface area is 200 Å². The molecule has 2 aromatic carbocycles. The first-order valence-corrected chi connectivity index (χ1v) is 11.7. The summed E-state index contributed by atoms with van der Waals surface area (Å²) in [5, 5.41) is 12.1. The second-order valence-electron chi connectivity index (χ2n) is 8.33. The summed E-state index contributed by atoms with van der Waals surface area (Å²) in [6.07, 6.45) is 1.98. The van der Waals surface area contributed by atoms with E-state index in [1.807, 2.05) is 13.0 Å². The van der Waals surface area contributed by atoms with Crippen molar-refractivity contribution in [2.75, 3.05) is 45.3 Å². The summed E-state index contributed by atoms with van der Waals surface area (Å²) in [6.45, 7) is 6.43. The minimum atomic E-state index is -1.13. The van der Waals surface area contributed by atoms with E-state index in [4.69, 9.17) is 19.5 Å². The molecule has 2 aromatic rings. The van der Waals surface area contributed by atoms with Crippen molar-refractivity contribution in [2.24, 2.45) is 5.92 Å². The standard InChI is InChI=1S/C26H32FN3O4/c1-4-32-21-14-22(24(27)23(15-21)34-17-19-10-12-30(3)13-11-19)25(26(31)33-5-2)29-20-8-6-18(16-28)7-9-20/h6-9,14-15,19,25,29H,4-5,10-13,17H2,1-3H3. The van der Waals surface area contributed by atoms with Crippen molar-refractivity contribution in [3.05, 3.63) is 53.3 Å². The number of esters is 1. The first kappa shape index (κ1) is 25.3. The number of nitriles is 1. The van der Waals surface area contributed by atoms with Gasteiger partial charge in [-0.05, 0) is 83.1 Å². The van der Waals surface area contributed by atoms with Gasteiger partial charge in [0.1, 0.15) is 5.75 Å². The molecule has 0 radical (unpaired) electrons. The van der Waals surface area contributed by atoms with Crippen molar-refractivity contribution < 1.29 is 23.4 Å². The van der Waals surface area contributed by atoms with E-state index < -0.39 is 17.8 Å². The fourth-order valence-electron chi connectivity index (χ4n) is 3.89. The van der Waals surface area contributed by atoms with Crippen LogP contribution in [0, 0.1) is 23.1 Å². The van der Waals surface area contributed by atoms with E-state index >= 15 is 4.39 Å². The molecule has 0 bridgehead atoms. The lowest BCUT2D eigenvalue weighted by Crippen LogP contribution is -2.32. The highest BCUT2D eigenvalue weighted by Gasteiger charge is 2.29. The smallest absolute Gasteiger partial charge is 0.333 e. The van der Waals surface area contributed by atoms with Crippen molar-refractivity contribution in [3.8, 4) is 17.6 Å². The summed E-state index contributed by atoms with van der Waals surface area (Å²) in [4.78, 5) is 15.1. The topological polar surface area (TPSA) is 83.8 Å². The van der Waals surface area contributed by atoms with Crippen molar-refractivity contribution >= 4 is 11.7 Å². The van der Waals surface area contributed by atoms with Crippen LogP contribution in [0.2, 0.25) is 0 Å². The van der Waals surface area contributed by atoms with Gasteiger partial charge in [0.15, 0.2) is 17.6 Å². The third-order valence-corrected chi connectivity index (χ3v) is 5.82. The summed E-state index contributed by atoms with van der Waals surface area (Å²) < 4.78 is 32.5. The molecule has 7 nitrogen and oxygen atoms in total. The van der Waals surface area contributed by atoms with Crippen molar-refractivity contribution in [2.45, 2.75) is 32.7 Å². The van der Waals surface area contributed by atoms with E-state index in [1.54, 1.807) is 31.2 Å². The Bertz CT molecular complexity index is 998. The number of nitrogens with one attached hydrogen (secondary N) is 1. The zero-order chi connectivity index (χ0) is 24.5. The Kier molecular flexibility index (Phi) is 9.11. The second kappa shape index (κ2) is 12.2. The molecule has 1 N–H and O–H groups in total. The number of carbonyl (C=O) groups is 1. The number of piperidine rings is 1. The number of hydrogen-bond acceptors (Lipinski definition) is 7. The van der Waals surface area contributed by atoms with Crippen molar-refractivity contribution in [1.29, 1.82) is 5.26 Å². The van der Waals surface area contributed by atoms with Gasteiger partial charge in [-0.3, -0.25) is 0 Å². The highest BCUT2D eigenvalue weighted by molar-refractivity contribution is 5.81. The lowest BCUT2D eigenvalue weighted by molar-refractivity contribution is -0.144. The van der Waals surface area contributed by atoms with Gasteiger partial charge in [0.25, 0.3) is 0 Å². The monoisotopic (exact) mass is 469 g/mol. The minimum Gasteiger partial charge on any atom is -0.494 e. The molecule has 1 fully saturated rings. The first-order valence-electron chi connectivity index (χ1n) is 11.7. The molecule has 1 atom stereocenters. The maximum Gasteiger partial charge on any atom is 0.333 e. The number of anilines is 1. The fraction of sp³-hybridized carbons (Fsp3) is 0.462. The van der Waals surface area contributed by atoms with Crippen LogP contribution in [0.5, 0.6) is 11.5 Å². The molecule has 1 unspecified atom stereocenters. The Hall–Kier alpha value is -3.31. The molecular formula is C26H32FN3O4. The number of benzene rings is 2. The Morgan fingerprint density at radius 3 is 2.50 bits per heavy atom. The van der Waals surface area contributed by atoms with Crippen LogP contribution in [0.4, 0.5) is 10.1 Å². The van der Waals surface area contributed by atoms with Gasteiger partial charge in [-0.25, -0.2) is 9.18 Å². The van der Waals surface area contributed by atoms with Crippen molar-refractivity contribution in [1.82, 2.24) is 4.90 Å². The molecule has 1 aliphatic rings. The lowest BCUT2D eigenvalue weighted by Gasteiger charge is -2.29. The minimum absolute atomic E-state index is 0.0517. The van der Waals surface area contributed by atoms with E-state index in [2.05, 4.69) is 17.3 Å². The molecule has 0 spiro atoms. The molecule has 1 heterocycles. The molecule has 0 amide bonds. The lowest BCUT2D eigenvalue weighted by atomic mass is 9.98. The average Bonchev–Trinajstić information content (AvgIpc) is 2.84. The summed E-state index contributed by atoms with van der Waals surface area (Å²) in [5.41, 5.74) is 1.10. The maximum absolute atomic E-state index is 15.7. The van der Waals surface area contributed by atoms with Crippen LogP contribution < -0.4 is 14.8 Å². The van der Waals surface area contributed by atoms with Crippen LogP contribution in [-0.2, 0) is 9.53 Å². The van der Waals surface area contributed by atoms with Crippen LogP contribution in [0.25, 0.3) is 0 Å². The number of hydrogen-bond donors (Lipinski definition) is 1. The first-order chi connectivity index (χ1) is 16.4. The quantitative estimate of drug-likeness (QED) is 0.512. The Balaban J connectivity index is 1.90. The van der Waals surface area contributed by atoms with E-state index in [9.17, 15) is 4.79 Å². The van der Waals surface area contributed by atoms with E-state index in [0.29, 0.717) is 36.1 Å². The Morgan fingerprint density at radius 1 is 1.18 bits per heavy atom. The van der Waals surface area contributed by atoms with Crippen LogP contribution >= 0.6 is 0 Å². The molecule has 0 aromatic heterocycles. The molecule has 3 rings (SSSR count). The zero-order valence-corrected chi connectivity index (χ0v) is 20.0. The van der Waals surface area contributed by atoms with Gasteiger partial charge in [0, 0.05) is 17.3 Å². The van der Waals surface area contributed by atoms with E-state index in [0.717, 1.165) is 25.9 Å². The molecule has 0 saturated carbocycles. The summed E-state index contributed by atoms with van der Waals surface area (Å²) >= 11 is 0. The average molecular weight is 470 g/mol. The molecule has 1 aliphatic heterocycles. The third-order valence-electron chi connectivity index (χ3n) is 5.82. The molecule has 1 saturated heterocycles.